The van der Waals surface area contributed by atoms with Crippen molar-refractivity contribution in [3.05, 3.63) is 28.2 Å². The number of benzene rings is 1. The van der Waals surface area contributed by atoms with Gasteiger partial charge in [0, 0.05) is 0 Å². The van der Waals surface area contributed by atoms with Crippen LogP contribution in [0.25, 0.3) is 0 Å². The van der Waals surface area contributed by atoms with E-state index < -0.39 is 5.60 Å². The van der Waals surface area contributed by atoms with E-state index in [-0.39, 0.29) is 17.0 Å². The standard InChI is InChI=1S/C19H28BrNO3/c1-17(2,3)13-7-8-15(14(20)11-13)23-12-19(9-10-19)21-16(22)24-18(4,5)6/h7-8,11H,9-10,12H2,1-6H3,(H,21,22). The number of alkyl carbamates (subject to hydrolysis) is 1. The predicted molar refractivity (Wildman–Crippen MR) is 99.7 cm³/mol. The lowest BCUT2D eigenvalue weighted by Gasteiger charge is -2.24. The van der Waals surface area contributed by atoms with Crippen LogP contribution < -0.4 is 10.1 Å². The largest absolute Gasteiger partial charge is 0.490 e. The Morgan fingerprint density at radius 2 is 1.83 bits per heavy atom. The van der Waals surface area contributed by atoms with Gasteiger partial charge in [0.05, 0.1) is 10.0 Å². The Balaban J connectivity index is 1.95. The first-order chi connectivity index (χ1) is 10.9. The first kappa shape index (κ1) is 19.1. The van der Waals surface area contributed by atoms with Gasteiger partial charge in [-0.15, -0.1) is 0 Å². The molecule has 0 bridgehead atoms. The minimum atomic E-state index is -0.493. The van der Waals surface area contributed by atoms with E-state index in [2.05, 4.69) is 54.2 Å². The molecule has 0 heterocycles. The summed E-state index contributed by atoms with van der Waals surface area (Å²) in [5.41, 5.74) is 0.545. The molecule has 1 aliphatic rings. The molecule has 4 nitrogen and oxygen atoms in total. The molecule has 24 heavy (non-hydrogen) atoms. The molecule has 0 spiro atoms. The van der Waals surface area contributed by atoms with Crippen LogP contribution in [0.4, 0.5) is 4.79 Å². The number of ether oxygens (including phenoxy) is 2. The number of carbonyl (C=O) groups excluding carboxylic acids is 1. The second kappa shape index (κ2) is 6.58. The van der Waals surface area contributed by atoms with Gasteiger partial charge in [-0.05, 0) is 72.7 Å². The minimum Gasteiger partial charge on any atom is -0.490 e. The van der Waals surface area contributed by atoms with Gasteiger partial charge in [-0.3, -0.25) is 0 Å². The van der Waals surface area contributed by atoms with E-state index in [1.165, 1.54) is 5.56 Å². The Kier molecular flexibility index (Phi) is 5.24. The van der Waals surface area contributed by atoms with Crippen LogP contribution in [0.5, 0.6) is 5.75 Å². The lowest BCUT2D eigenvalue weighted by molar-refractivity contribution is 0.0477. The molecule has 1 aliphatic carbocycles. The lowest BCUT2D eigenvalue weighted by atomic mass is 9.87. The molecule has 0 saturated heterocycles. The van der Waals surface area contributed by atoms with Gasteiger partial charge in [0.1, 0.15) is 18.0 Å². The lowest BCUT2D eigenvalue weighted by Crippen LogP contribution is -2.44. The van der Waals surface area contributed by atoms with Crippen LogP contribution in [-0.4, -0.2) is 23.8 Å². The summed E-state index contributed by atoms with van der Waals surface area (Å²) in [6, 6.07) is 6.16. The van der Waals surface area contributed by atoms with E-state index in [1.54, 1.807) is 0 Å². The second-order valence-corrected chi connectivity index (χ2v) is 9.45. The van der Waals surface area contributed by atoms with E-state index in [0.717, 1.165) is 23.1 Å². The fourth-order valence-corrected chi connectivity index (χ4v) is 2.77. The smallest absolute Gasteiger partial charge is 0.408 e. The molecule has 0 aromatic heterocycles. The van der Waals surface area contributed by atoms with E-state index in [9.17, 15) is 4.79 Å². The van der Waals surface area contributed by atoms with Gasteiger partial charge in [-0.25, -0.2) is 4.79 Å². The van der Waals surface area contributed by atoms with Crippen molar-refractivity contribution in [2.24, 2.45) is 0 Å². The zero-order valence-corrected chi connectivity index (χ0v) is 17.0. The maximum atomic E-state index is 11.9. The molecule has 1 aromatic rings. The number of nitrogens with one attached hydrogen (secondary N) is 1. The minimum absolute atomic E-state index is 0.0943. The summed E-state index contributed by atoms with van der Waals surface area (Å²) < 4.78 is 12.2. The van der Waals surface area contributed by atoms with Crippen LogP contribution in [0.3, 0.4) is 0 Å². The zero-order valence-electron chi connectivity index (χ0n) is 15.5. The van der Waals surface area contributed by atoms with E-state index in [4.69, 9.17) is 9.47 Å². The molecule has 0 atom stereocenters. The number of hydrogen-bond acceptors (Lipinski definition) is 3. The number of rotatable bonds is 4. The molecular formula is C19H28BrNO3. The maximum Gasteiger partial charge on any atom is 0.408 e. The van der Waals surface area contributed by atoms with Gasteiger partial charge in [0.2, 0.25) is 0 Å². The summed E-state index contributed by atoms with van der Waals surface area (Å²) in [5, 5.41) is 2.95. The van der Waals surface area contributed by atoms with Crippen molar-refractivity contribution in [2.45, 2.75) is 70.9 Å². The highest BCUT2D eigenvalue weighted by Gasteiger charge is 2.46. The van der Waals surface area contributed by atoms with Crippen LogP contribution in [0.2, 0.25) is 0 Å². The Morgan fingerprint density at radius 3 is 2.29 bits per heavy atom. The van der Waals surface area contributed by atoms with E-state index in [0.29, 0.717) is 6.61 Å². The van der Waals surface area contributed by atoms with Gasteiger partial charge < -0.3 is 14.8 Å². The number of amides is 1. The van der Waals surface area contributed by atoms with Gasteiger partial charge >= 0.3 is 6.09 Å². The molecule has 0 aliphatic heterocycles. The third-order valence-electron chi connectivity index (χ3n) is 3.92. The first-order valence-electron chi connectivity index (χ1n) is 8.34. The summed E-state index contributed by atoms with van der Waals surface area (Å²) in [5.74, 6) is 0.792. The molecule has 0 unspecified atom stereocenters. The van der Waals surface area contributed by atoms with Crippen LogP contribution in [0.15, 0.2) is 22.7 Å². The molecule has 1 fully saturated rings. The molecule has 1 saturated carbocycles. The van der Waals surface area contributed by atoms with Crippen molar-refractivity contribution >= 4 is 22.0 Å². The molecule has 5 heteroatoms. The van der Waals surface area contributed by atoms with Crippen molar-refractivity contribution in [3.8, 4) is 5.75 Å². The molecule has 0 radical (unpaired) electrons. The number of carbonyl (C=O) groups is 1. The Labute approximate surface area is 153 Å². The monoisotopic (exact) mass is 397 g/mol. The van der Waals surface area contributed by atoms with Crippen molar-refractivity contribution < 1.29 is 14.3 Å². The van der Waals surface area contributed by atoms with E-state index >= 15 is 0 Å². The highest BCUT2D eigenvalue weighted by Crippen LogP contribution is 2.38. The summed E-state index contributed by atoms with van der Waals surface area (Å²) in [4.78, 5) is 11.9. The van der Waals surface area contributed by atoms with Crippen LogP contribution >= 0.6 is 15.9 Å². The first-order valence-corrected chi connectivity index (χ1v) is 9.14. The van der Waals surface area contributed by atoms with Crippen LogP contribution in [-0.2, 0) is 10.2 Å². The van der Waals surface area contributed by atoms with Crippen molar-refractivity contribution in [1.29, 1.82) is 0 Å². The Hall–Kier alpha value is -1.23. The molecule has 1 N–H and O–H groups in total. The third-order valence-corrected chi connectivity index (χ3v) is 4.54. The van der Waals surface area contributed by atoms with E-state index in [1.807, 2.05) is 26.8 Å². The van der Waals surface area contributed by atoms with Crippen molar-refractivity contribution in [3.63, 3.8) is 0 Å². The zero-order chi connectivity index (χ0) is 18.2. The summed E-state index contributed by atoms with van der Waals surface area (Å²) >= 11 is 3.58. The second-order valence-electron chi connectivity index (χ2n) is 8.59. The molecular weight excluding hydrogens is 370 g/mol. The molecule has 1 amide bonds. The Morgan fingerprint density at radius 1 is 1.21 bits per heavy atom. The van der Waals surface area contributed by atoms with Gasteiger partial charge in [0.25, 0.3) is 0 Å². The predicted octanol–water partition coefficient (Wildman–Crippen LogP) is 5.18. The number of halogens is 1. The topological polar surface area (TPSA) is 47.6 Å². The van der Waals surface area contributed by atoms with Crippen molar-refractivity contribution in [2.75, 3.05) is 6.61 Å². The van der Waals surface area contributed by atoms with Gasteiger partial charge in [-0.2, -0.15) is 0 Å². The van der Waals surface area contributed by atoms with Gasteiger partial charge in [-0.1, -0.05) is 26.8 Å². The SMILES string of the molecule is CC(C)(C)OC(=O)NC1(COc2ccc(C(C)(C)C)cc2Br)CC1. The van der Waals surface area contributed by atoms with Crippen LogP contribution in [0.1, 0.15) is 59.9 Å². The Bertz CT molecular complexity index is 610. The highest BCUT2D eigenvalue weighted by atomic mass is 79.9. The molecule has 2 rings (SSSR count). The average molecular weight is 398 g/mol. The molecule has 134 valence electrons. The fraction of sp³-hybridized carbons (Fsp3) is 0.632. The normalized spacial score (nSPS) is 16.5. The van der Waals surface area contributed by atoms with Crippen molar-refractivity contribution in [1.82, 2.24) is 5.32 Å². The molecule has 1 aromatic carbocycles. The summed E-state index contributed by atoms with van der Waals surface area (Å²) in [7, 11) is 0. The highest BCUT2D eigenvalue weighted by molar-refractivity contribution is 9.10. The number of hydrogen-bond donors (Lipinski definition) is 1. The summed E-state index contributed by atoms with van der Waals surface area (Å²) in [6.45, 7) is 12.6. The third kappa shape index (κ3) is 5.40. The van der Waals surface area contributed by atoms with Crippen LogP contribution in [0, 0.1) is 0 Å². The summed E-state index contributed by atoms with van der Waals surface area (Å²) in [6.07, 6.45) is 1.43. The fourth-order valence-electron chi connectivity index (χ4n) is 2.28. The maximum absolute atomic E-state index is 11.9. The van der Waals surface area contributed by atoms with Gasteiger partial charge in [0.15, 0.2) is 0 Å². The average Bonchev–Trinajstić information content (AvgIpc) is 3.13. The quantitative estimate of drug-likeness (QED) is 0.760.